The minimum Gasteiger partial charge on any atom is -0.331 e. The minimum atomic E-state index is 0.755. The van der Waals surface area contributed by atoms with E-state index in [1.54, 1.807) is 5.69 Å². The lowest BCUT2D eigenvalue weighted by molar-refractivity contribution is 0.284. The van der Waals surface area contributed by atoms with Gasteiger partial charge in [0.05, 0.1) is 12.0 Å². The predicted molar refractivity (Wildman–Crippen MR) is 65.5 cm³/mol. The molecule has 1 aromatic rings. The number of aromatic nitrogens is 2. The van der Waals surface area contributed by atoms with E-state index in [2.05, 4.69) is 22.8 Å². The van der Waals surface area contributed by atoms with Gasteiger partial charge in [0.25, 0.3) is 0 Å². The van der Waals surface area contributed by atoms with Gasteiger partial charge in [0.1, 0.15) is 0 Å². The fraction of sp³-hybridized carbons (Fsp3) is 0.786. The van der Waals surface area contributed by atoms with Crippen molar-refractivity contribution in [3.8, 4) is 0 Å². The molecule has 0 atom stereocenters. The van der Waals surface area contributed by atoms with Crippen LogP contribution in [0.2, 0.25) is 0 Å². The highest BCUT2D eigenvalue weighted by molar-refractivity contribution is 5.17. The lowest BCUT2D eigenvalue weighted by Gasteiger charge is -2.29. The van der Waals surface area contributed by atoms with Crippen LogP contribution in [0.3, 0.4) is 0 Å². The Morgan fingerprint density at radius 1 is 1.12 bits per heavy atom. The van der Waals surface area contributed by atoms with Gasteiger partial charge in [-0.15, -0.1) is 0 Å². The standard InChI is InChI=1S/C14H22N2/c1-11-6-8-12(9-7-11)16-10-15-13-4-2-3-5-14(13)16/h10-12H,2-9H2,1H3. The number of imidazole rings is 1. The second-order valence-electron chi connectivity index (χ2n) is 5.67. The Morgan fingerprint density at radius 2 is 1.88 bits per heavy atom. The zero-order valence-corrected chi connectivity index (χ0v) is 10.3. The number of fused-ring (bicyclic) bond motifs is 1. The summed E-state index contributed by atoms with van der Waals surface area (Å²) in [6.07, 6.45) is 12.8. The third-order valence-corrected chi connectivity index (χ3v) is 4.44. The van der Waals surface area contributed by atoms with Crippen LogP contribution in [0.15, 0.2) is 6.33 Å². The first-order valence-electron chi connectivity index (χ1n) is 6.89. The van der Waals surface area contributed by atoms with E-state index < -0.39 is 0 Å². The highest BCUT2D eigenvalue weighted by Crippen LogP contribution is 2.34. The summed E-state index contributed by atoms with van der Waals surface area (Å²) in [4.78, 5) is 4.61. The molecule has 2 aliphatic carbocycles. The average Bonchev–Trinajstić information content (AvgIpc) is 2.74. The molecule has 0 bridgehead atoms. The average molecular weight is 218 g/mol. The summed E-state index contributed by atoms with van der Waals surface area (Å²) in [5.41, 5.74) is 2.95. The van der Waals surface area contributed by atoms with Gasteiger partial charge in [-0.25, -0.2) is 4.98 Å². The summed E-state index contributed by atoms with van der Waals surface area (Å²) in [7, 11) is 0. The maximum atomic E-state index is 4.61. The normalized spacial score (nSPS) is 30.1. The van der Waals surface area contributed by atoms with E-state index in [1.807, 2.05) is 0 Å². The van der Waals surface area contributed by atoms with Crippen molar-refractivity contribution in [1.29, 1.82) is 0 Å². The fourth-order valence-corrected chi connectivity index (χ4v) is 3.33. The maximum absolute atomic E-state index is 4.61. The predicted octanol–water partition coefficient (Wildman–Crippen LogP) is 3.51. The number of aryl methyl sites for hydroxylation is 1. The molecule has 0 aromatic carbocycles. The lowest BCUT2D eigenvalue weighted by Crippen LogP contribution is -2.19. The molecule has 0 aliphatic heterocycles. The molecule has 0 radical (unpaired) electrons. The maximum Gasteiger partial charge on any atom is 0.0954 e. The molecular weight excluding hydrogens is 196 g/mol. The van der Waals surface area contributed by atoms with Crippen LogP contribution in [0.5, 0.6) is 0 Å². The minimum absolute atomic E-state index is 0.755. The Kier molecular flexibility index (Phi) is 2.74. The van der Waals surface area contributed by atoms with Crippen molar-refractivity contribution in [2.45, 2.75) is 64.3 Å². The Labute approximate surface area is 98.1 Å². The van der Waals surface area contributed by atoms with Gasteiger partial charge in [-0.05, 0) is 57.3 Å². The van der Waals surface area contributed by atoms with E-state index in [-0.39, 0.29) is 0 Å². The topological polar surface area (TPSA) is 17.8 Å². The monoisotopic (exact) mass is 218 g/mol. The molecule has 0 spiro atoms. The molecular formula is C14H22N2. The van der Waals surface area contributed by atoms with Crippen LogP contribution in [0, 0.1) is 5.92 Å². The van der Waals surface area contributed by atoms with Gasteiger partial charge in [0.2, 0.25) is 0 Å². The van der Waals surface area contributed by atoms with Crippen LogP contribution in [0.1, 0.15) is 62.9 Å². The third-order valence-electron chi connectivity index (χ3n) is 4.44. The Hall–Kier alpha value is -0.790. The summed E-state index contributed by atoms with van der Waals surface area (Å²) < 4.78 is 2.51. The van der Waals surface area contributed by atoms with Crippen molar-refractivity contribution in [2.24, 2.45) is 5.92 Å². The zero-order valence-electron chi connectivity index (χ0n) is 10.3. The van der Waals surface area contributed by atoms with E-state index in [9.17, 15) is 0 Å². The summed E-state index contributed by atoms with van der Waals surface area (Å²) in [6.45, 7) is 2.39. The molecule has 0 amide bonds. The van der Waals surface area contributed by atoms with E-state index in [4.69, 9.17) is 0 Å². The second kappa shape index (κ2) is 4.23. The molecule has 3 rings (SSSR count). The van der Waals surface area contributed by atoms with Crippen LogP contribution < -0.4 is 0 Å². The molecule has 16 heavy (non-hydrogen) atoms. The fourth-order valence-electron chi connectivity index (χ4n) is 3.33. The molecule has 2 nitrogen and oxygen atoms in total. The van der Waals surface area contributed by atoms with Gasteiger partial charge in [-0.3, -0.25) is 0 Å². The number of nitrogens with zero attached hydrogens (tertiary/aromatic N) is 2. The van der Waals surface area contributed by atoms with Crippen LogP contribution >= 0.6 is 0 Å². The van der Waals surface area contributed by atoms with Crippen molar-refractivity contribution in [2.75, 3.05) is 0 Å². The van der Waals surface area contributed by atoms with E-state index in [1.165, 1.54) is 57.1 Å². The van der Waals surface area contributed by atoms with Gasteiger partial charge in [-0.2, -0.15) is 0 Å². The number of hydrogen-bond donors (Lipinski definition) is 0. The van der Waals surface area contributed by atoms with Crippen molar-refractivity contribution < 1.29 is 0 Å². The van der Waals surface area contributed by atoms with E-state index in [0.717, 1.165) is 12.0 Å². The molecule has 0 unspecified atom stereocenters. The van der Waals surface area contributed by atoms with Gasteiger partial charge >= 0.3 is 0 Å². The molecule has 1 saturated carbocycles. The van der Waals surface area contributed by atoms with Gasteiger partial charge in [-0.1, -0.05) is 6.92 Å². The van der Waals surface area contributed by atoms with Crippen molar-refractivity contribution in [1.82, 2.24) is 9.55 Å². The molecule has 0 saturated heterocycles. The third kappa shape index (κ3) is 1.79. The summed E-state index contributed by atoms with van der Waals surface area (Å²) in [5, 5.41) is 0. The molecule has 2 heteroatoms. The smallest absolute Gasteiger partial charge is 0.0954 e. The van der Waals surface area contributed by atoms with Gasteiger partial charge in [0.15, 0.2) is 0 Å². The van der Waals surface area contributed by atoms with Crippen molar-refractivity contribution in [3.05, 3.63) is 17.7 Å². The molecule has 2 aliphatic rings. The SMILES string of the molecule is CC1CCC(n2cnc3c2CCCC3)CC1. The molecule has 0 N–H and O–H groups in total. The molecule has 1 heterocycles. The van der Waals surface area contributed by atoms with Crippen LogP contribution in [0.25, 0.3) is 0 Å². The molecule has 1 fully saturated rings. The van der Waals surface area contributed by atoms with Crippen LogP contribution in [-0.2, 0) is 12.8 Å². The highest BCUT2D eigenvalue weighted by atomic mass is 15.1. The quantitative estimate of drug-likeness (QED) is 0.705. The van der Waals surface area contributed by atoms with E-state index in [0.29, 0.717) is 0 Å². The largest absolute Gasteiger partial charge is 0.331 e. The number of rotatable bonds is 1. The zero-order chi connectivity index (χ0) is 11.0. The number of hydrogen-bond acceptors (Lipinski definition) is 1. The first-order valence-corrected chi connectivity index (χ1v) is 6.89. The van der Waals surface area contributed by atoms with E-state index >= 15 is 0 Å². The van der Waals surface area contributed by atoms with Gasteiger partial charge < -0.3 is 4.57 Å². The summed E-state index contributed by atoms with van der Waals surface area (Å²) >= 11 is 0. The first-order chi connectivity index (χ1) is 7.84. The second-order valence-corrected chi connectivity index (χ2v) is 5.67. The van der Waals surface area contributed by atoms with Gasteiger partial charge in [0, 0.05) is 11.7 Å². The van der Waals surface area contributed by atoms with Crippen molar-refractivity contribution in [3.63, 3.8) is 0 Å². The molecule has 1 aromatic heterocycles. The lowest BCUT2D eigenvalue weighted by atomic mass is 9.87. The van der Waals surface area contributed by atoms with Crippen LogP contribution in [0.4, 0.5) is 0 Å². The van der Waals surface area contributed by atoms with Crippen LogP contribution in [-0.4, -0.2) is 9.55 Å². The Bertz CT molecular complexity index is 359. The molecule has 88 valence electrons. The van der Waals surface area contributed by atoms with Crippen molar-refractivity contribution >= 4 is 0 Å². The summed E-state index contributed by atoms with van der Waals surface area (Å²) in [5.74, 6) is 0.940. The Balaban J connectivity index is 1.81. The first kappa shape index (κ1) is 10.4. The Morgan fingerprint density at radius 3 is 2.69 bits per heavy atom. The summed E-state index contributed by atoms with van der Waals surface area (Å²) in [6, 6.07) is 0.755. The highest BCUT2D eigenvalue weighted by Gasteiger charge is 2.23.